The van der Waals surface area contributed by atoms with Crippen molar-refractivity contribution in [3.8, 4) is 11.5 Å². The average Bonchev–Trinajstić information content (AvgIpc) is 3.00. The highest BCUT2D eigenvalue weighted by atomic mass is 16.5. The van der Waals surface area contributed by atoms with E-state index in [1.54, 1.807) is 7.11 Å². The second kappa shape index (κ2) is 6.69. The molecular formula is C18H29NO2. The molecular weight excluding hydrogens is 262 g/mol. The van der Waals surface area contributed by atoms with E-state index >= 15 is 0 Å². The van der Waals surface area contributed by atoms with Gasteiger partial charge in [-0.2, -0.15) is 0 Å². The average molecular weight is 291 g/mol. The number of nitrogens with zero attached hydrogens (tertiary/aromatic N) is 1. The minimum absolute atomic E-state index is 0.0677. The molecule has 0 radical (unpaired) electrons. The van der Waals surface area contributed by atoms with E-state index in [1.165, 1.54) is 31.5 Å². The van der Waals surface area contributed by atoms with E-state index < -0.39 is 0 Å². The molecule has 1 aromatic rings. The fourth-order valence-electron chi connectivity index (χ4n) is 2.83. The molecule has 0 amide bonds. The van der Waals surface area contributed by atoms with Gasteiger partial charge in [0, 0.05) is 5.54 Å². The fourth-order valence-corrected chi connectivity index (χ4v) is 2.83. The number of hydrogen-bond acceptors (Lipinski definition) is 3. The van der Waals surface area contributed by atoms with Gasteiger partial charge in [0.1, 0.15) is 6.61 Å². The number of ether oxygens (including phenoxy) is 2. The molecule has 0 aromatic heterocycles. The Hall–Kier alpha value is -1.22. The van der Waals surface area contributed by atoms with Crippen LogP contribution in [0.15, 0.2) is 18.2 Å². The van der Waals surface area contributed by atoms with Gasteiger partial charge in [0.2, 0.25) is 0 Å². The van der Waals surface area contributed by atoms with Crippen LogP contribution in [0.4, 0.5) is 0 Å². The van der Waals surface area contributed by atoms with Gasteiger partial charge in [-0.3, -0.25) is 4.90 Å². The van der Waals surface area contributed by atoms with Crippen LogP contribution in [0.1, 0.15) is 52.0 Å². The molecule has 21 heavy (non-hydrogen) atoms. The van der Waals surface area contributed by atoms with Crippen molar-refractivity contribution in [2.24, 2.45) is 0 Å². The quantitative estimate of drug-likeness (QED) is 0.788. The largest absolute Gasteiger partial charge is 0.493 e. The first kappa shape index (κ1) is 16.2. The maximum atomic E-state index is 6.07. The zero-order valence-corrected chi connectivity index (χ0v) is 14.1. The van der Waals surface area contributed by atoms with E-state index in [0.29, 0.717) is 12.5 Å². The summed E-state index contributed by atoms with van der Waals surface area (Å²) in [5.74, 6) is 2.17. The topological polar surface area (TPSA) is 21.7 Å². The van der Waals surface area contributed by atoms with Gasteiger partial charge in [0.25, 0.3) is 0 Å². The van der Waals surface area contributed by atoms with Gasteiger partial charge < -0.3 is 9.47 Å². The highest BCUT2D eigenvalue weighted by molar-refractivity contribution is 5.43. The van der Waals surface area contributed by atoms with E-state index in [0.717, 1.165) is 11.5 Å². The molecule has 0 atom stereocenters. The summed E-state index contributed by atoms with van der Waals surface area (Å²) in [6.45, 7) is 11.9. The van der Waals surface area contributed by atoms with Crippen molar-refractivity contribution in [2.75, 3.05) is 26.8 Å². The SMILES string of the molecule is COc1cc(C(C)C)ccc1OCC(C)(C)N1CCCC1. The van der Waals surface area contributed by atoms with E-state index in [4.69, 9.17) is 9.47 Å². The number of hydrogen-bond donors (Lipinski definition) is 0. The minimum atomic E-state index is 0.0677. The van der Waals surface area contributed by atoms with Gasteiger partial charge in [-0.05, 0) is 63.4 Å². The molecule has 2 rings (SSSR count). The van der Waals surface area contributed by atoms with Crippen molar-refractivity contribution in [3.05, 3.63) is 23.8 Å². The molecule has 0 aliphatic carbocycles. The second-order valence-electron chi connectivity index (χ2n) is 6.86. The normalized spacial score (nSPS) is 16.5. The van der Waals surface area contributed by atoms with Crippen LogP contribution in [0.2, 0.25) is 0 Å². The van der Waals surface area contributed by atoms with Crippen LogP contribution in [-0.4, -0.2) is 37.2 Å². The molecule has 0 N–H and O–H groups in total. The Morgan fingerprint density at radius 1 is 1.14 bits per heavy atom. The molecule has 118 valence electrons. The maximum Gasteiger partial charge on any atom is 0.161 e. The van der Waals surface area contributed by atoms with Gasteiger partial charge in [-0.1, -0.05) is 19.9 Å². The molecule has 0 bridgehead atoms. The molecule has 0 saturated carbocycles. The van der Waals surface area contributed by atoms with Crippen molar-refractivity contribution in [1.29, 1.82) is 0 Å². The van der Waals surface area contributed by atoms with Crippen LogP contribution in [0, 0.1) is 0 Å². The molecule has 1 saturated heterocycles. The zero-order valence-electron chi connectivity index (χ0n) is 14.1. The Morgan fingerprint density at radius 2 is 1.81 bits per heavy atom. The standard InChI is InChI=1S/C18H29NO2/c1-14(2)15-8-9-16(17(12-15)20-5)21-13-18(3,4)19-10-6-7-11-19/h8-9,12,14H,6-7,10-11,13H2,1-5H3. The van der Waals surface area contributed by atoms with Crippen LogP contribution in [0.5, 0.6) is 11.5 Å². The van der Waals surface area contributed by atoms with Crippen LogP contribution >= 0.6 is 0 Å². The van der Waals surface area contributed by atoms with Gasteiger partial charge in [-0.25, -0.2) is 0 Å². The van der Waals surface area contributed by atoms with E-state index in [9.17, 15) is 0 Å². The maximum absolute atomic E-state index is 6.07. The molecule has 1 heterocycles. The third-order valence-electron chi connectivity index (χ3n) is 4.40. The van der Waals surface area contributed by atoms with Crippen molar-refractivity contribution in [3.63, 3.8) is 0 Å². The Labute approximate surface area is 129 Å². The lowest BCUT2D eigenvalue weighted by Crippen LogP contribution is -2.46. The number of likely N-dealkylation sites (tertiary alicyclic amines) is 1. The first-order chi connectivity index (χ1) is 9.94. The molecule has 3 heteroatoms. The molecule has 1 aliphatic rings. The monoisotopic (exact) mass is 291 g/mol. The van der Waals surface area contributed by atoms with Crippen molar-refractivity contribution in [1.82, 2.24) is 4.90 Å². The number of benzene rings is 1. The van der Waals surface area contributed by atoms with E-state index in [2.05, 4.69) is 44.7 Å². The Balaban J connectivity index is 2.05. The van der Waals surface area contributed by atoms with Crippen molar-refractivity contribution >= 4 is 0 Å². The molecule has 3 nitrogen and oxygen atoms in total. The van der Waals surface area contributed by atoms with Crippen LogP contribution < -0.4 is 9.47 Å². The lowest BCUT2D eigenvalue weighted by molar-refractivity contribution is 0.0879. The highest BCUT2D eigenvalue weighted by Gasteiger charge is 2.30. The van der Waals surface area contributed by atoms with Crippen molar-refractivity contribution in [2.45, 2.75) is 52.0 Å². The van der Waals surface area contributed by atoms with E-state index in [1.807, 2.05) is 6.07 Å². The lowest BCUT2D eigenvalue weighted by atomic mass is 10.0. The molecule has 1 fully saturated rings. The Bertz CT molecular complexity index is 462. The van der Waals surface area contributed by atoms with Crippen LogP contribution in [0.3, 0.4) is 0 Å². The summed E-state index contributed by atoms with van der Waals surface area (Å²) in [5, 5.41) is 0. The fraction of sp³-hybridized carbons (Fsp3) is 0.667. The van der Waals surface area contributed by atoms with Gasteiger partial charge in [0.05, 0.1) is 7.11 Å². The number of rotatable bonds is 6. The van der Waals surface area contributed by atoms with Crippen LogP contribution in [-0.2, 0) is 0 Å². The molecule has 1 aromatic carbocycles. The number of methoxy groups -OCH3 is 1. The molecule has 0 unspecified atom stereocenters. The molecule has 0 spiro atoms. The van der Waals surface area contributed by atoms with Crippen LogP contribution in [0.25, 0.3) is 0 Å². The Kier molecular flexibility index (Phi) is 5.15. The van der Waals surface area contributed by atoms with Gasteiger partial charge in [0.15, 0.2) is 11.5 Å². The predicted octanol–water partition coefficient (Wildman–Crippen LogP) is 4.07. The summed E-state index contributed by atoms with van der Waals surface area (Å²) in [7, 11) is 1.71. The second-order valence-corrected chi connectivity index (χ2v) is 6.86. The van der Waals surface area contributed by atoms with Gasteiger partial charge >= 0.3 is 0 Å². The first-order valence-corrected chi connectivity index (χ1v) is 8.00. The van der Waals surface area contributed by atoms with Crippen molar-refractivity contribution < 1.29 is 9.47 Å². The third-order valence-corrected chi connectivity index (χ3v) is 4.40. The first-order valence-electron chi connectivity index (χ1n) is 8.00. The summed E-state index contributed by atoms with van der Waals surface area (Å²) < 4.78 is 11.6. The zero-order chi connectivity index (χ0) is 15.5. The highest BCUT2D eigenvalue weighted by Crippen LogP contribution is 2.32. The molecule has 1 aliphatic heterocycles. The summed E-state index contributed by atoms with van der Waals surface area (Å²) in [6, 6.07) is 6.25. The smallest absolute Gasteiger partial charge is 0.161 e. The van der Waals surface area contributed by atoms with E-state index in [-0.39, 0.29) is 5.54 Å². The Morgan fingerprint density at radius 3 is 2.38 bits per heavy atom. The predicted molar refractivity (Wildman–Crippen MR) is 87.5 cm³/mol. The summed E-state index contributed by atoms with van der Waals surface area (Å²) in [4.78, 5) is 2.52. The minimum Gasteiger partial charge on any atom is -0.493 e. The summed E-state index contributed by atoms with van der Waals surface area (Å²) >= 11 is 0. The summed E-state index contributed by atoms with van der Waals surface area (Å²) in [6.07, 6.45) is 2.60. The lowest BCUT2D eigenvalue weighted by Gasteiger charge is -2.35. The third kappa shape index (κ3) is 3.91. The van der Waals surface area contributed by atoms with Gasteiger partial charge in [-0.15, -0.1) is 0 Å². The summed E-state index contributed by atoms with van der Waals surface area (Å²) in [5.41, 5.74) is 1.34.